The first kappa shape index (κ1) is 16.2. The Hall–Kier alpha value is 0.120. The zero-order chi connectivity index (χ0) is 13.6. The molecule has 1 fully saturated rings. The van der Waals surface area contributed by atoms with Gasteiger partial charge in [-0.3, -0.25) is 0 Å². The molecule has 1 rings (SSSR count). The molecule has 108 valence electrons. The number of rotatable bonds is 7. The number of ether oxygens (including phenoxy) is 1. The standard InChI is InChI=1S/C11H23ClN2O3S/c1-13(7-3-6-12)18(15,16)14-8-4-11(5-9-14)10-17-2/h11H,3-10H2,1-2H3. The van der Waals surface area contributed by atoms with Crippen molar-refractivity contribution in [2.75, 3.05) is 46.3 Å². The molecule has 1 heterocycles. The van der Waals surface area contributed by atoms with Crippen LogP contribution in [0.1, 0.15) is 19.3 Å². The predicted octanol–water partition coefficient (Wildman–Crippen LogP) is 1.15. The Kier molecular flexibility index (Phi) is 6.87. The van der Waals surface area contributed by atoms with Gasteiger partial charge in [-0.1, -0.05) is 0 Å². The Morgan fingerprint density at radius 2 is 2.00 bits per heavy atom. The molecule has 1 aliphatic rings. The number of halogens is 1. The van der Waals surface area contributed by atoms with Gasteiger partial charge in [0.1, 0.15) is 0 Å². The molecule has 0 spiro atoms. The first-order chi connectivity index (χ1) is 8.52. The van der Waals surface area contributed by atoms with Gasteiger partial charge in [-0.05, 0) is 25.2 Å². The van der Waals surface area contributed by atoms with Gasteiger partial charge in [0.15, 0.2) is 0 Å². The Labute approximate surface area is 115 Å². The summed E-state index contributed by atoms with van der Waals surface area (Å²) in [5.74, 6) is 0.963. The van der Waals surface area contributed by atoms with Crippen molar-refractivity contribution in [3.05, 3.63) is 0 Å². The summed E-state index contributed by atoms with van der Waals surface area (Å²) < 4.78 is 32.5. The Balaban J connectivity index is 2.49. The zero-order valence-electron chi connectivity index (χ0n) is 11.1. The lowest BCUT2D eigenvalue weighted by Gasteiger charge is -2.33. The number of alkyl halides is 1. The molecule has 7 heteroatoms. The van der Waals surface area contributed by atoms with Gasteiger partial charge in [0.05, 0.1) is 0 Å². The van der Waals surface area contributed by atoms with Crippen molar-refractivity contribution in [2.45, 2.75) is 19.3 Å². The average Bonchev–Trinajstić information content (AvgIpc) is 2.37. The highest BCUT2D eigenvalue weighted by Gasteiger charge is 2.30. The lowest BCUT2D eigenvalue weighted by Crippen LogP contribution is -2.46. The van der Waals surface area contributed by atoms with Crippen LogP contribution in [0.3, 0.4) is 0 Å². The summed E-state index contributed by atoms with van der Waals surface area (Å²) in [6.07, 6.45) is 2.42. The van der Waals surface area contributed by atoms with Crippen molar-refractivity contribution < 1.29 is 13.2 Å². The lowest BCUT2D eigenvalue weighted by atomic mass is 9.99. The Morgan fingerprint density at radius 3 is 2.50 bits per heavy atom. The molecule has 1 aliphatic heterocycles. The quantitative estimate of drug-likeness (QED) is 0.663. The van der Waals surface area contributed by atoms with Gasteiger partial charge in [-0.25, -0.2) is 0 Å². The average molecular weight is 299 g/mol. The predicted molar refractivity (Wildman–Crippen MR) is 73.1 cm³/mol. The minimum Gasteiger partial charge on any atom is -0.384 e. The van der Waals surface area contributed by atoms with Crippen molar-refractivity contribution in [2.24, 2.45) is 5.92 Å². The minimum absolute atomic E-state index is 0.476. The van der Waals surface area contributed by atoms with E-state index in [1.165, 1.54) is 4.31 Å². The van der Waals surface area contributed by atoms with Crippen LogP contribution in [0.15, 0.2) is 0 Å². The summed E-state index contributed by atoms with van der Waals surface area (Å²) in [6.45, 7) is 2.36. The third kappa shape index (κ3) is 4.35. The van der Waals surface area contributed by atoms with E-state index in [-0.39, 0.29) is 0 Å². The fourth-order valence-corrected chi connectivity index (χ4v) is 3.68. The van der Waals surface area contributed by atoms with E-state index in [9.17, 15) is 8.42 Å². The van der Waals surface area contributed by atoms with Crippen molar-refractivity contribution in [1.29, 1.82) is 0 Å². The fourth-order valence-electron chi connectivity index (χ4n) is 2.14. The third-order valence-corrected chi connectivity index (χ3v) is 5.56. The molecule has 0 radical (unpaired) electrons. The van der Waals surface area contributed by atoms with E-state index in [1.54, 1.807) is 18.5 Å². The number of piperidine rings is 1. The molecule has 0 aliphatic carbocycles. The van der Waals surface area contributed by atoms with Crippen LogP contribution in [0.5, 0.6) is 0 Å². The van der Waals surface area contributed by atoms with Crippen LogP contribution in [0.4, 0.5) is 0 Å². The second kappa shape index (κ2) is 7.65. The number of methoxy groups -OCH3 is 1. The van der Waals surface area contributed by atoms with Crippen LogP contribution in [-0.2, 0) is 14.9 Å². The van der Waals surface area contributed by atoms with Crippen LogP contribution >= 0.6 is 11.6 Å². The smallest absolute Gasteiger partial charge is 0.281 e. The monoisotopic (exact) mass is 298 g/mol. The Morgan fingerprint density at radius 1 is 1.39 bits per heavy atom. The molecule has 0 saturated carbocycles. The van der Waals surface area contributed by atoms with E-state index in [2.05, 4.69) is 0 Å². The maximum atomic E-state index is 12.2. The molecule has 1 saturated heterocycles. The maximum Gasteiger partial charge on any atom is 0.281 e. The van der Waals surface area contributed by atoms with Crippen molar-refractivity contribution in [3.8, 4) is 0 Å². The second-order valence-corrected chi connectivity index (χ2v) is 7.08. The van der Waals surface area contributed by atoms with Crippen molar-refractivity contribution in [3.63, 3.8) is 0 Å². The largest absolute Gasteiger partial charge is 0.384 e. The molecular weight excluding hydrogens is 276 g/mol. The molecule has 18 heavy (non-hydrogen) atoms. The summed E-state index contributed by atoms with van der Waals surface area (Å²) in [5, 5.41) is 0. The highest BCUT2D eigenvalue weighted by molar-refractivity contribution is 7.86. The number of hydrogen-bond donors (Lipinski definition) is 0. The minimum atomic E-state index is -3.31. The molecule has 5 nitrogen and oxygen atoms in total. The summed E-state index contributed by atoms with van der Waals surface area (Å²) in [5.41, 5.74) is 0. The highest BCUT2D eigenvalue weighted by atomic mass is 35.5. The summed E-state index contributed by atoms with van der Waals surface area (Å²) >= 11 is 5.59. The molecule has 0 aromatic carbocycles. The van der Waals surface area contributed by atoms with Gasteiger partial charge in [-0.15, -0.1) is 11.6 Å². The van der Waals surface area contributed by atoms with Crippen LogP contribution < -0.4 is 0 Å². The van der Waals surface area contributed by atoms with Crippen LogP contribution in [0.2, 0.25) is 0 Å². The van der Waals surface area contributed by atoms with Crippen LogP contribution in [0.25, 0.3) is 0 Å². The molecule has 0 aromatic heterocycles. The summed E-state index contributed by atoms with van der Waals surface area (Å²) in [4.78, 5) is 0. The van der Waals surface area contributed by atoms with Crippen LogP contribution in [0, 0.1) is 5.92 Å². The molecule has 0 aromatic rings. The van der Waals surface area contributed by atoms with Gasteiger partial charge in [-0.2, -0.15) is 17.0 Å². The molecule has 0 N–H and O–H groups in total. The van der Waals surface area contributed by atoms with E-state index in [0.29, 0.717) is 37.9 Å². The molecule has 0 atom stereocenters. The van der Waals surface area contributed by atoms with Gasteiger partial charge in [0, 0.05) is 46.3 Å². The maximum absolute atomic E-state index is 12.2. The van der Waals surface area contributed by atoms with Gasteiger partial charge >= 0.3 is 0 Å². The van der Waals surface area contributed by atoms with Gasteiger partial charge < -0.3 is 4.74 Å². The third-order valence-electron chi connectivity index (χ3n) is 3.30. The highest BCUT2D eigenvalue weighted by Crippen LogP contribution is 2.21. The normalized spacial score (nSPS) is 19.6. The first-order valence-corrected chi connectivity index (χ1v) is 8.21. The topological polar surface area (TPSA) is 49.9 Å². The molecule has 0 bridgehead atoms. The summed E-state index contributed by atoms with van der Waals surface area (Å²) in [6, 6.07) is 0. The number of hydrogen-bond acceptors (Lipinski definition) is 3. The van der Waals surface area contributed by atoms with Crippen molar-refractivity contribution >= 4 is 21.8 Å². The van der Waals surface area contributed by atoms with E-state index >= 15 is 0 Å². The van der Waals surface area contributed by atoms with E-state index in [0.717, 1.165) is 19.4 Å². The Bertz CT molecular complexity index is 329. The molecule has 0 unspecified atom stereocenters. The van der Waals surface area contributed by atoms with E-state index in [1.807, 2.05) is 0 Å². The van der Waals surface area contributed by atoms with E-state index in [4.69, 9.17) is 16.3 Å². The van der Waals surface area contributed by atoms with Crippen molar-refractivity contribution in [1.82, 2.24) is 8.61 Å². The SMILES string of the molecule is COCC1CCN(S(=O)(=O)N(C)CCCCl)CC1. The molecule has 0 amide bonds. The van der Waals surface area contributed by atoms with Gasteiger partial charge in [0.2, 0.25) is 0 Å². The zero-order valence-corrected chi connectivity index (χ0v) is 12.7. The van der Waals surface area contributed by atoms with E-state index < -0.39 is 10.2 Å². The van der Waals surface area contributed by atoms with Crippen LogP contribution in [-0.4, -0.2) is 63.3 Å². The molecular formula is C11H23ClN2O3S. The second-order valence-electron chi connectivity index (χ2n) is 4.67. The number of nitrogens with zero attached hydrogens (tertiary/aromatic N) is 2. The fraction of sp³-hybridized carbons (Fsp3) is 1.00. The van der Waals surface area contributed by atoms with Gasteiger partial charge in [0.25, 0.3) is 10.2 Å². The summed E-state index contributed by atoms with van der Waals surface area (Å²) in [7, 11) is -0.00765. The lowest BCUT2D eigenvalue weighted by molar-refractivity contribution is 0.120. The first-order valence-electron chi connectivity index (χ1n) is 6.28.